The second kappa shape index (κ2) is 3.25. The van der Waals surface area contributed by atoms with Crippen LogP contribution in [0.15, 0.2) is 18.2 Å². The second-order valence-corrected chi connectivity index (χ2v) is 5.55. The van der Waals surface area contributed by atoms with Gasteiger partial charge in [-0.1, -0.05) is 32.0 Å². The molecule has 0 aromatic heterocycles. The summed E-state index contributed by atoms with van der Waals surface area (Å²) < 4.78 is 5.66. The number of ether oxygens (including phenoxy) is 1. The summed E-state index contributed by atoms with van der Waals surface area (Å²) >= 11 is 0. The van der Waals surface area contributed by atoms with Crippen LogP contribution in [0, 0.1) is 11.3 Å². The maximum absolute atomic E-state index is 11.2. The molecule has 3 rings (SSSR count). The van der Waals surface area contributed by atoms with E-state index in [4.69, 9.17) is 4.74 Å². The Hall–Kier alpha value is -1.51. The largest absolute Gasteiger partial charge is 0.493 e. The van der Waals surface area contributed by atoms with E-state index >= 15 is 0 Å². The van der Waals surface area contributed by atoms with Gasteiger partial charge < -0.3 is 9.84 Å². The molecule has 3 nitrogen and oxygen atoms in total. The third-order valence-corrected chi connectivity index (χ3v) is 4.17. The average molecular weight is 232 g/mol. The average Bonchev–Trinajstić information content (AvgIpc) is 2.65. The van der Waals surface area contributed by atoms with E-state index in [1.807, 2.05) is 26.0 Å². The smallest absolute Gasteiger partial charge is 0.307 e. The van der Waals surface area contributed by atoms with Crippen LogP contribution < -0.4 is 4.74 Å². The Kier molecular flexibility index (Phi) is 2.03. The quantitative estimate of drug-likeness (QED) is 0.852. The molecule has 1 heterocycles. The van der Waals surface area contributed by atoms with Crippen molar-refractivity contribution in [3.63, 3.8) is 0 Å². The molecule has 1 N–H and O–H groups in total. The maximum atomic E-state index is 11.2. The fourth-order valence-electron chi connectivity index (χ4n) is 3.16. The van der Waals surface area contributed by atoms with Crippen LogP contribution in [0.4, 0.5) is 0 Å². The maximum Gasteiger partial charge on any atom is 0.307 e. The molecule has 0 radical (unpaired) electrons. The molecule has 0 unspecified atom stereocenters. The van der Waals surface area contributed by atoms with Crippen molar-refractivity contribution >= 4 is 5.97 Å². The number of fused-ring (bicyclic) bond motifs is 1. The second-order valence-electron chi connectivity index (χ2n) is 5.55. The molecule has 3 heteroatoms. The zero-order valence-electron chi connectivity index (χ0n) is 10.1. The van der Waals surface area contributed by atoms with Gasteiger partial charge in [-0.2, -0.15) is 0 Å². The van der Waals surface area contributed by atoms with Crippen molar-refractivity contribution in [3.05, 3.63) is 29.3 Å². The SMILES string of the molecule is CC1(C)[C@H](C(=O)O)[C@H]1c1cccc2c1OCC2. The highest BCUT2D eigenvalue weighted by molar-refractivity contribution is 5.78. The van der Waals surface area contributed by atoms with E-state index in [0.717, 1.165) is 24.3 Å². The number of hydrogen-bond donors (Lipinski definition) is 1. The molecule has 90 valence electrons. The standard InChI is InChI=1S/C14H16O3/c1-14(2)10(11(14)13(15)16)9-5-3-4-8-6-7-17-12(8)9/h3-5,10-11H,6-7H2,1-2H3,(H,15,16)/t10-,11+/m1/s1. The third kappa shape index (κ3) is 1.38. The minimum absolute atomic E-state index is 0.0908. The normalized spacial score (nSPS) is 28.4. The van der Waals surface area contributed by atoms with Gasteiger partial charge in [0.1, 0.15) is 5.75 Å². The summed E-state index contributed by atoms with van der Waals surface area (Å²) in [5, 5.41) is 9.23. The Labute approximate surface area is 100 Å². The van der Waals surface area contributed by atoms with E-state index in [2.05, 4.69) is 6.07 Å². The van der Waals surface area contributed by atoms with Crippen molar-refractivity contribution < 1.29 is 14.6 Å². The molecule has 1 aliphatic carbocycles. The van der Waals surface area contributed by atoms with Gasteiger partial charge in [0, 0.05) is 12.3 Å². The lowest BCUT2D eigenvalue weighted by atomic mass is 9.99. The number of carbonyl (C=O) groups is 1. The van der Waals surface area contributed by atoms with Crippen LogP contribution in [0.2, 0.25) is 0 Å². The predicted molar refractivity (Wildman–Crippen MR) is 63.3 cm³/mol. The Morgan fingerprint density at radius 3 is 2.88 bits per heavy atom. The summed E-state index contributed by atoms with van der Waals surface area (Å²) in [6.45, 7) is 4.76. The van der Waals surface area contributed by atoms with Gasteiger partial charge in [0.05, 0.1) is 12.5 Å². The van der Waals surface area contributed by atoms with E-state index in [0.29, 0.717) is 0 Å². The van der Waals surface area contributed by atoms with E-state index < -0.39 is 5.97 Å². The fourth-order valence-corrected chi connectivity index (χ4v) is 3.16. The lowest BCUT2D eigenvalue weighted by Gasteiger charge is -2.08. The number of benzene rings is 1. The molecule has 0 saturated heterocycles. The summed E-state index contributed by atoms with van der Waals surface area (Å²) in [6.07, 6.45) is 0.939. The molecule has 1 aliphatic heterocycles. The van der Waals surface area contributed by atoms with E-state index in [9.17, 15) is 9.90 Å². The van der Waals surface area contributed by atoms with Gasteiger partial charge in [-0.3, -0.25) is 4.79 Å². The molecule has 1 aromatic rings. The number of carboxylic acid groups (broad SMARTS) is 1. The molecule has 17 heavy (non-hydrogen) atoms. The first-order chi connectivity index (χ1) is 8.03. The van der Waals surface area contributed by atoms with Crippen LogP contribution >= 0.6 is 0 Å². The van der Waals surface area contributed by atoms with Crippen molar-refractivity contribution in [3.8, 4) is 5.75 Å². The van der Waals surface area contributed by atoms with Crippen LogP contribution in [0.1, 0.15) is 30.9 Å². The van der Waals surface area contributed by atoms with Crippen LogP contribution in [-0.2, 0) is 11.2 Å². The number of aliphatic carboxylic acids is 1. The van der Waals surface area contributed by atoms with Crippen LogP contribution in [-0.4, -0.2) is 17.7 Å². The van der Waals surface area contributed by atoms with Gasteiger partial charge in [-0.25, -0.2) is 0 Å². The van der Waals surface area contributed by atoms with Gasteiger partial charge in [0.2, 0.25) is 0 Å². The highest BCUT2D eigenvalue weighted by Gasteiger charge is 2.63. The van der Waals surface area contributed by atoms with Gasteiger partial charge in [-0.15, -0.1) is 0 Å². The topological polar surface area (TPSA) is 46.5 Å². The van der Waals surface area contributed by atoms with E-state index in [-0.39, 0.29) is 17.3 Å². The van der Waals surface area contributed by atoms with Crippen LogP contribution in [0.5, 0.6) is 5.75 Å². The summed E-state index contributed by atoms with van der Waals surface area (Å²) in [5.41, 5.74) is 2.14. The van der Waals surface area contributed by atoms with Gasteiger partial charge in [0.25, 0.3) is 0 Å². The first kappa shape index (κ1) is 10.6. The molecule has 1 saturated carbocycles. The lowest BCUT2D eigenvalue weighted by Crippen LogP contribution is -2.03. The summed E-state index contributed by atoms with van der Waals surface area (Å²) in [4.78, 5) is 11.2. The highest BCUT2D eigenvalue weighted by Crippen LogP contribution is 2.66. The monoisotopic (exact) mass is 232 g/mol. The number of hydrogen-bond acceptors (Lipinski definition) is 2. The van der Waals surface area contributed by atoms with Crippen molar-refractivity contribution in [1.29, 1.82) is 0 Å². The van der Waals surface area contributed by atoms with E-state index in [1.165, 1.54) is 5.56 Å². The summed E-state index contributed by atoms with van der Waals surface area (Å²) in [7, 11) is 0. The molecule has 2 aliphatic rings. The fraction of sp³-hybridized carbons (Fsp3) is 0.500. The number of para-hydroxylation sites is 1. The van der Waals surface area contributed by atoms with Gasteiger partial charge in [0.15, 0.2) is 0 Å². The van der Waals surface area contributed by atoms with Crippen molar-refractivity contribution in [2.24, 2.45) is 11.3 Å². The molecular formula is C14H16O3. The Balaban J connectivity index is 2.02. The van der Waals surface area contributed by atoms with Gasteiger partial charge in [-0.05, 0) is 16.5 Å². The zero-order chi connectivity index (χ0) is 12.2. The van der Waals surface area contributed by atoms with Crippen molar-refractivity contribution in [2.45, 2.75) is 26.2 Å². The molecule has 0 spiro atoms. The summed E-state index contributed by atoms with van der Waals surface area (Å²) in [5.74, 6) is 0.0520. The van der Waals surface area contributed by atoms with Crippen LogP contribution in [0.3, 0.4) is 0 Å². The van der Waals surface area contributed by atoms with E-state index in [1.54, 1.807) is 0 Å². The zero-order valence-corrected chi connectivity index (χ0v) is 10.1. The number of rotatable bonds is 2. The summed E-state index contributed by atoms with van der Waals surface area (Å²) in [6, 6.07) is 6.09. The highest BCUT2D eigenvalue weighted by atomic mass is 16.5. The van der Waals surface area contributed by atoms with Crippen molar-refractivity contribution in [1.82, 2.24) is 0 Å². The predicted octanol–water partition coefficient (Wildman–Crippen LogP) is 2.45. The Morgan fingerprint density at radius 2 is 2.24 bits per heavy atom. The molecule has 1 fully saturated rings. The minimum Gasteiger partial charge on any atom is -0.493 e. The third-order valence-electron chi connectivity index (χ3n) is 4.17. The lowest BCUT2D eigenvalue weighted by molar-refractivity contribution is -0.139. The molecule has 0 bridgehead atoms. The minimum atomic E-state index is -0.699. The Morgan fingerprint density at radius 1 is 1.47 bits per heavy atom. The molecular weight excluding hydrogens is 216 g/mol. The molecule has 2 atom stereocenters. The molecule has 1 aromatic carbocycles. The van der Waals surface area contributed by atoms with Gasteiger partial charge >= 0.3 is 5.97 Å². The number of carboxylic acids is 1. The van der Waals surface area contributed by atoms with Crippen LogP contribution in [0.25, 0.3) is 0 Å². The first-order valence-electron chi connectivity index (χ1n) is 6.01. The first-order valence-corrected chi connectivity index (χ1v) is 6.01. The van der Waals surface area contributed by atoms with Crippen molar-refractivity contribution in [2.75, 3.05) is 6.61 Å². The Bertz CT molecular complexity index is 490. The molecule has 0 amide bonds.